The molecule has 1 aliphatic rings. The summed E-state index contributed by atoms with van der Waals surface area (Å²) in [4.78, 5) is 0. The lowest BCUT2D eigenvalue weighted by Crippen LogP contribution is -2.17. The molecule has 0 bridgehead atoms. The SMILES string of the molecule is CC(C)C.CC(C)C(C)(F)F.CC(C)C(C)F.CC(C)C(F)(F)F.CC(C)C1CC1.CCC(C)C.CCC(C)C.CCCC(C)C.CCCC(C)C. The first-order chi connectivity index (χ1) is 23.1. The van der Waals surface area contributed by atoms with Crippen LogP contribution in [0.4, 0.5) is 26.3 Å². The zero-order chi connectivity index (χ0) is 44.0. The van der Waals surface area contributed by atoms with E-state index >= 15 is 0 Å². The van der Waals surface area contributed by atoms with Gasteiger partial charge in [0.1, 0.15) is 0 Å². The first-order valence-electron chi connectivity index (χ1n) is 21.2. The number of hydrogen-bond donors (Lipinski definition) is 0. The van der Waals surface area contributed by atoms with Gasteiger partial charge in [-0.15, -0.1) is 0 Å². The third-order valence-corrected chi connectivity index (χ3v) is 7.52. The average molecular weight is 769 g/mol. The van der Waals surface area contributed by atoms with Crippen LogP contribution in [0.3, 0.4) is 0 Å². The maximum atomic E-state index is 11.8. The minimum atomic E-state index is -4.00. The summed E-state index contributed by atoms with van der Waals surface area (Å²) in [6.07, 6.45) is 6.37. The van der Waals surface area contributed by atoms with Gasteiger partial charge >= 0.3 is 6.18 Å². The van der Waals surface area contributed by atoms with Gasteiger partial charge in [-0.05, 0) is 74.0 Å². The summed E-state index contributed by atoms with van der Waals surface area (Å²) in [6, 6.07) is 0. The third kappa shape index (κ3) is 110. The Bertz CT molecular complexity index is 538. The van der Waals surface area contributed by atoms with Crippen LogP contribution in [0.1, 0.15) is 224 Å². The molecule has 1 saturated carbocycles. The van der Waals surface area contributed by atoms with Gasteiger partial charge in [0.2, 0.25) is 5.92 Å². The Morgan fingerprint density at radius 2 is 0.673 bits per heavy atom. The maximum Gasteiger partial charge on any atom is 0.391 e. The van der Waals surface area contributed by atoms with Crippen LogP contribution in [0.15, 0.2) is 0 Å². The monoisotopic (exact) mass is 769 g/mol. The van der Waals surface area contributed by atoms with E-state index < -0.39 is 30.1 Å². The van der Waals surface area contributed by atoms with Crippen molar-refractivity contribution < 1.29 is 26.3 Å². The van der Waals surface area contributed by atoms with Crippen LogP contribution < -0.4 is 0 Å². The van der Waals surface area contributed by atoms with Crippen molar-refractivity contribution in [1.29, 1.82) is 0 Å². The van der Waals surface area contributed by atoms with Gasteiger partial charge in [-0.2, -0.15) is 13.2 Å². The van der Waals surface area contributed by atoms with Gasteiger partial charge in [-0.1, -0.05) is 198 Å². The summed E-state index contributed by atoms with van der Waals surface area (Å²) >= 11 is 0. The average Bonchev–Trinajstić information content (AvgIpc) is 3.80. The van der Waals surface area contributed by atoms with E-state index in [1.54, 1.807) is 6.92 Å². The molecule has 1 aliphatic carbocycles. The Balaban J connectivity index is -0.0000000701. The van der Waals surface area contributed by atoms with Crippen LogP contribution in [0.5, 0.6) is 0 Å². The van der Waals surface area contributed by atoms with Crippen LogP contribution in [-0.4, -0.2) is 18.3 Å². The summed E-state index contributed by atoms with van der Waals surface area (Å²) in [5, 5.41) is 0. The predicted molar refractivity (Wildman–Crippen MR) is 230 cm³/mol. The molecule has 328 valence electrons. The first-order valence-corrected chi connectivity index (χ1v) is 21.2. The van der Waals surface area contributed by atoms with Gasteiger partial charge in [0.15, 0.2) is 0 Å². The van der Waals surface area contributed by atoms with Gasteiger partial charge in [-0.25, -0.2) is 13.2 Å². The molecule has 1 atom stereocenters. The largest absolute Gasteiger partial charge is 0.391 e. The lowest BCUT2D eigenvalue weighted by molar-refractivity contribution is -0.164. The van der Waals surface area contributed by atoms with Crippen molar-refractivity contribution in [3.63, 3.8) is 0 Å². The number of alkyl halides is 6. The first kappa shape index (κ1) is 69.5. The van der Waals surface area contributed by atoms with E-state index in [-0.39, 0.29) is 5.92 Å². The Labute approximate surface area is 327 Å². The molecule has 0 aliphatic heterocycles. The van der Waals surface area contributed by atoms with Crippen molar-refractivity contribution >= 4 is 0 Å². The van der Waals surface area contributed by atoms with E-state index in [2.05, 4.69) is 118 Å². The summed E-state index contributed by atoms with van der Waals surface area (Å²) in [5.74, 6) is 2.41. The quantitative estimate of drug-likeness (QED) is 0.205. The molecule has 0 aromatic carbocycles. The molecular formula is C46H102F6. The van der Waals surface area contributed by atoms with Gasteiger partial charge in [0, 0.05) is 11.8 Å². The van der Waals surface area contributed by atoms with E-state index in [0.717, 1.165) is 62.2 Å². The molecule has 0 spiro atoms. The summed E-state index contributed by atoms with van der Waals surface area (Å²) in [7, 11) is 0. The van der Waals surface area contributed by atoms with Crippen molar-refractivity contribution in [2.75, 3.05) is 0 Å². The van der Waals surface area contributed by atoms with Crippen molar-refractivity contribution in [3.8, 4) is 0 Å². The van der Waals surface area contributed by atoms with Gasteiger partial charge < -0.3 is 0 Å². The molecule has 0 radical (unpaired) electrons. The zero-order valence-electron chi connectivity index (χ0n) is 40.3. The van der Waals surface area contributed by atoms with Crippen LogP contribution in [0.25, 0.3) is 0 Å². The van der Waals surface area contributed by atoms with Crippen LogP contribution in [0.2, 0.25) is 0 Å². The molecule has 1 fully saturated rings. The van der Waals surface area contributed by atoms with E-state index in [0.29, 0.717) is 0 Å². The molecule has 0 amide bonds. The fourth-order valence-corrected chi connectivity index (χ4v) is 1.92. The van der Waals surface area contributed by atoms with E-state index in [4.69, 9.17) is 0 Å². The minimum absolute atomic E-state index is 0.185. The highest BCUT2D eigenvalue weighted by Gasteiger charge is 2.31. The van der Waals surface area contributed by atoms with Gasteiger partial charge in [0.25, 0.3) is 0 Å². The fraction of sp³-hybridized carbons (Fsp3) is 1.00. The lowest BCUT2D eigenvalue weighted by atomic mass is 10.1. The molecule has 0 aromatic heterocycles. The number of hydrogen-bond acceptors (Lipinski definition) is 0. The summed E-state index contributed by atoms with van der Waals surface area (Å²) < 4.78 is 69.0. The highest BCUT2D eigenvalue weighted by atomic mass is 19.4. The highest BCUT2D eigenvalue weighted by molar-refractivity contribution is 4.75. The van der Waals surface area contributed by atoms with Crippen molar-refractivity contribution in [2.24, 2.45) is 59.2 Å². The molecule has 0 nitrogen and oxygen atoms in total. The van der Waals surface area contributed by atoms with Crippen LogP contribution >= 0.6 is 0 Å². The third-order valence-electron chi connectivity index (χ3n) is 7.52. The highest BCUT2D eigenvalue weighted by Crippen LogP contribution is 2.35. The fourth-order valence-electron chi connectivity index (χ4n) is 1.92. The molecule has 1 unspecified atom stereocenters. The summed E-state index contributed by atoms with van der Waals surface area (Å²) in [5.41, 5.74) is 0. The Morgan fingerprint density at radius 3 is 0.673 bits per heavy atom. The standard InChI is InChI=1S/C6H12.2C6H14.C5H10F2.C5H11F.2C5H12.C4H7F3.C4H10/c1-5(2)6-3-4-6;2*1-4-5-6(2)3;1-4(2)5(3,6)7;1-4(2)5(3)6;2*1-4-5(2)3;1-3(2)4(5,6)7;1-4(2)3/h5-6H,3-4H2,1-2H3;2*6H,4-5H2,1-3H3;4H,1-3H3;4-5H,1-3H3;2*5H,4H2,1-3H3;3H,1-2H3;4H,1-3H3. The van der Waals surface area contributed by atoms with Crippen molar-refractivity contribution in [2.45, 2.75) is 243 Å². The van der Waals surface area contributed by atoms with Crippen molar-refractivity contribution in [1.82, 2.24) is 0 Å². The van der Waals surface area contributed by atoms with Crippen molar-refractivity contribution in [3.05, 3.63) is 0 Å². The second kappa shape index (κ2) is 45.0. The Hall–Kier alpha value is -0.420. The molecule has 0 heterocycles. The Morgan fingerprint density at radius 1 is 0.481 bits per heavy atom. The molecular weight excluding hydrogens is 666 g/mol. The smallest absolute Gasteiger partial charge is 0.248 e. The minimum Gasteiger partial charge on any atom is -0.248 e. The number of rotatable bonds is 9. The zero-order valence-corrected chi connectivity index (χ0v) is 40.3. The van der Waals surface area contributed by atoms with Gasteiger partial charge in [-0.3, -0.25) is 0 Å². The van der Waals surface area contributed by atoms with E-state index in [9.17, 15) is 26.3 Å². The second-order valence-corrected chi connectivity index (χ2v) is 18.0. The van der Waals surface area contributed by atoms with Crippen LogP contribution in [0, 0.1) is 59.2 Å². The van der Waals surface area contributed by atoms with Crippen LogP contribution in [-0.2, 0) is 0 Å². The lowest BCUT2D eigenvalue weighted by Gasteiger charge is -2.12. The topological polar surface area (TPSA) is 0 Å². The Kier molecular flexibility index (Phi) is 60.1. The van der Waals surface area contributed by atoms with Gasteiger partial charge in [0.05, 0.1) is 6.17 Å². The second-order valence-electron chi connectivity index (χ2n) is 18.0. The molecule has 0 saturated heterocycles. The molecule has 0 N–H and O–H groups in total. The van der Waals surface area contributed by atoms with E-state index in [1.165, 1.54) is 65.2 Å². The molecule has 52 heavy (non-hydrogen) atoms. The normalized spacial score (nSPS) is 12.7. The van der Waals surface area contributed by atoms with E-state index in [1.807, 2.05) is 13.8 Å². The maximum absolute atomic E-state index is 11.8. The number of halogens is 6. The summed E-state index contributed by atoms with van der Waals surface area (Å²) in [6.45, 7) is 49.3. The molecule has 6 heteroatoms. The predicted octanol–water partition coefficient (Wildman–Crippen LogP) is 19.2. The molecule has 0 aromatic rings. The molecule has 1 rings (SSSR count).